The van der Waals surface area contributed by atoms with Gasteiger partial charge >= 0.3 is 0 Å². The van der Waals surface area contributed by atoms with Crippen molar-refractivity contribution in [2.45, 2.75) is 51.0 Å². The van der Waals surface area contributed by atoms with Crippen molar-refractivity contribution in [2.24, 2.45) is 0 Å². The molecule has 0 atom stereocenters. The van der Waals surface area contributed by atoms with Crippen LogP contribution in [0.4, 0.5) is 11.6 Å². The number of halogens is 2. The van der Waals surface area contributed by atoms with E-state index >= 15 is 0 Å². The number of nitrogen functional groups attached to an aromatic ring is 1. The van der Waals surface area contributed by atoms with Crippen molar-refractivity contribution >= 4 is 46.7 Å². The Hall–Kier alpha value is -2.62. The lowest BCUT2D eigenvalue weighted by Crippen LogP contribution is -2.53. The zero-order chi connectivity index (χ0) is 24.0. The molecule has 178 valence electrons. The Morgan fingerprint density at radius 3 is 2.48 bits per heavy atom. The molecule has 33 heavy (non-hydrogen) atoms. The quantitative estimate of drug-likeness (QED) is 0.250. The number of nitrogens with two attached hydrogens (primary N) is 1. The Labute approximate surface area is 202 Å². The maximum absolute atomic E-state index is 12.3. The van der Waals surface area contributed by atoms with E-state index in [1.165, 1.54) is 0 Å². The van der Waals surface area contributed by atoms with Crippen molar-refractivity contribution in [3.63, 3.8) is 0 Å². The number of anilines is 2. The summed E-state index contributed by atoms with van der Waals surface area (Å²) in [5.74, 6) is 0.461. The summed E-state index contributed by atoms with van der Waals surface area (Å²) in [6.07, 6.45) is 4.83. The van der Waals surface area contributed by atoms with Crippen LogP contribution in [0.15, 0.2) is 24.4 Å². The molecular formula is C22H28Cl2N6O3. The Balaban J connectivity index is 1.55. The van der Waals surface area contributed by atoms with Crippen LogP contribution < -0.4 is 21.4 Å². The van der Waals surface area contributed by atoms with E-state index in [0.29, 0.717) is 59.5 Å². The van der Waals surface area contributed by atoms with Gasteiger partial charge in [0.25, 0.3) is 0 Å². The summed E-state index contributed by atoms with van der Waals surface area (Å²) in [5, 5.41) is 12.4. The number of hydrogen-bond acceptors (Lipinski definition) is 7. The Kier molecular flexibility index (Phi) is 8.34. The van der Waals surface area contributed by atoms with Crippen LogP contribution in [0.5, 0.6) is 0 Å². The Bertz CT molecular complexity index is 1010. The lowest BCUT2D eigenvalue weighted by atomic mass is 9.89. The average Bonchev–Trinajstić information content (AvgIpc) is 2.79. The third-order valence-electron chi connectivity index (χ3n) is 5.81. The van der Waals surface area contributed by atoms with Crippen LogP contribution >= 0.6 is 23.2 Å². The van der Waals surface area contributed by atoms with E-state index in [-0.39, 0.29) is 23.7 Å². The second-order valence-corrected chi connectivity index (χ2v) is 9.19. The fourth-order valence-corrected chi connectivity index (χ4v) is 4.21. The second kappa shape index (κ2) is 11.0. The number of nitrogens with one attached hydrogen (secondary N) is 2. The van der Waals surface area contributed by atoms with E-state index in [1.54, 1.807) is 29.9 Å². The predicted octanol–water partition coefficient (Wildman–Crippen LogP) is 3.57. The highest BCUT2D eigenvalue weighted by molar-refractivity contribution is 6.43. The van der Waals surface area contributed by atoms with Crippen LogP contribution in [0.1, 0.15) is 45.4 Å². The average molecular weight is 495 g/mol. The SMILES string of the molecule is CC1(NC(=O)CCCCC(=O)NO)CCN(c2cnc(-c3cccc(Cl)c3Cl)c(N)n2)CC1. The number of nitrogens with zero attached hydrogens (tertiary/aromatic N) is 3. The largest absolute Gasteiger partial charge is 0.382 e. The Morgan fingerprint density at radius 2 is 1.85 bits per heavy atom. The van der Waals surface area contributed by atoms with Gasteiger partial charge < -0.3 is 16.0 Å². The number of unbranched alkanes of at least 4 members (excludes halogenated alkanes) is 1. The molecule has 3 rings (SSSR count). The number of amides is 2. The van der Waals surface area contributed by atoms with Crippen LogP contribution in [-0.4, -0.2) is 45.6 Å². The number of benzene rings is 1. The van der Waals surface area contributed by atoms with E-state index in [4.69, 9.17) is 34.1 Å². The van der Waals surface area contributed by atoms with Crippen molar-refractivity contribution in [1.29, 1.82) is 0 Å². The van der Waals surface area contributed by atoms with Gasteiger partial charge in [0.1, 0.15) is 11.5 Å². The lowest BCUT2D eigenvalue weighted by Gasteiger charge is -2.40. The molecule has 1 aliphatic rings. The lowest BCUT2D eigenvalue weighted by molar-refractivity contribution is -0.129. The zero-order valence-electron chi connectivity index (χ0n) is 18.4. The van der Waals surface area contributed by atoms with Crippen LogP contribution in [0, 0.1) is 0 Å². The van der Waals surface area contributed by atoms with E-state index in [0.717, 1.165) is 12.8 Å². The van der Waals surface area contributed by atoms with Gasteiger partial charge in [-0.15, -0.1) is 0 Å². The number of hydrogen-bond donors (Lipinski definition) is 4. The van der Waals surface area contributed by atoms with Gasteiger partial charge in [-0.3, -0.25) is 14.8 Å². The third-order valence-corrected chi connectivity index (χ3v) is 6.63. The van der Waals surface area contributed by atoms with E-state index in [9.17, 15) is 9.59 Å². The smallest absolute Gasteiger partial charge is 0.243 e. The number of aromatic nitrogens is 2. The summed E-state index contributed by atoms with van der Waals surface area (Å²) in [7, 11) is 0. The van der Waals surface area contributed by atoms with E-state index in [2.05, 4.69) is 20.2 Å². The molecule has 0 saturated carbocycles. The summed E-state index contributed by atoms with van der Waals surface area (Å²) < 4.78 is 0. The number of carbonyl (C=O) groups is 2. The minimum Gasteiger partial charge on any atom is -0.382 e. The first kappa shape index (κ1) is 25.0. The molecular weight excluding hydrogens is 467 g/mol. The van der Waals surface area contributed by atoms with Crippen LogP contribution in [-0.2, 0) is 9.59 Å². The third kappa shape index (κ3) is 6.46. The van der Waals surface area contributed by atoms with Crippen LogP contribution in [0.2, 0.25) is 10.0 Å². The highest BCUT2D eigenvalue weighted by Gasteiger charge is 2.32. The summed E-state index contributed by atoms with van der Waals surface area (Å²) in [6.45, 7) is 3.42. The number of hydroxylamine groups is 1. The molecule has 0 radical (unpaired) electrons. The maximum atomic E-state index is 12.3. The van der Waals surface area contributed by atoms with Crippen LogP contribution in [0.25, 0.3) is 11.3 Å². The number of piperidine rings is 1. The van der Waals surface area contributed by atoms with Crippen molar-refractivity contribution in [3.8, 4) is 11.3 Å². The highest BCUT2D eigenvalue weighted by Crippen LogP contribution is 2.35. The van der Waals surface area contributed by atoms with Gasteiger partial charge in [-0.2, -0.15) is 0 Å². The van der Waals surface area contributed by atoms with Crippen molar-refractivity contribution in [2.75, 3.05) is 23.7 Å². The summed E-state index contributed by atoms with van der Waals surface area (Å²) >= 11 is 12.4. The fourth-order valence-electron chi connectivity index (χ4n) is 3.82. The number of carbonyl (C=O) groups excluding carboxylic acids is 2. The van der Waals surface area contributed by atoms with Crippen molar-refractivity contribution in [1.82, 2.24) is 20.8 Å². The molecule has 0 aliphatic carbocycles. The van der Waals surface area contributed by atoms with Crippen LogP contribution in [0.3, 0.4) is 0 Å². The molecule has 11 heteroatoms. The van der Waals surface area contributed by atoms with Gasteiger partial charge in [0.2, 0.25) is 11.8 Å². The summed E-state index contributed by atoms with van der Waals surface area (Å²) in [6, 6.07) is 5.28. The molecule has 5 N–H and O–H groups in total. The van der Waals surface area contributed by atoms with Crippen molar-refractivity contribution in [3.05, 3.63) is 34.4 Å². The maximum Gasteiger partial charge on any atom is 0.243 e. The fraction of sp³-hybridized carbons (Fsp3) is 0.455. The molecule has 2 aromatic rings. The van der Waals surface area contributed by atoms with Crippen molar-refractivity contribution < 1.29 is 14.8 Å². The highest BCUT2D eigenvalue weighted by atomic mass is 35.5. The minimum atomic E-state index is -0.442. The molecule has 2 amide bonds. The molecule has 0 bridgehead atoms. The second-order valence-electron chi connectivity index (χ2n) is 8.40. The van der Waals surface area contributed by atoms with Gasteiger partial charge in [0, 0.05) is 37.0 Å². The molecule has 1 aliphatic heterocycles. The Morgan fingerprint density at radius 1 is 1.18 bits per heavy atom. The standard InChI is InChI=1S/C22H28Cl2N6O3/c1-22(28-17(31)7-2-3-8-18(32)29-33)9-11-30(12-10-22)16-13-26-20(21(25)27-16)14-5-4-6-15(23)19(14)24/h4-6,13,33H,2-3,7-12H2,1H3,(H2,25,27)(H,28,31)(H,29,32). The molecule has 1 saturated heterocycles. The van der Waals surface area contributed by atoms with Gasteiger partial charge in [0.15, 0.2) is 5.82 Å². The van der Waals surface area contributed by atoms with Gasteiger partial charge in [-0.05, 0) is 38.7 Å². The molecule has 0 unspecified atom stereocenters. The van der Waals surface area contributed by atoms with E-state index < -0.39 is 5.91 Å². The number of rotatable bonds is 8. The topological polar surface area (TPSA) is 133 Å². The summed E-state index contributed by atoms with van der Waals surface area (Å²) in [5.41, 5.74) is 8.57. The molecule has 0 spiro atoms. The first-order chi connectivity index (χ1) is 15.7. The molecule has 1 aromatic heterocycles. The molecule has 2 heterocycles. The minimum absolute atomic E-state index is 0.0397. The molecule has 1 aromatic carbocycles. The first-order valence-corrected chi connectivity index (χ1v) is 11.5. The predicted molar refractivity (Wildman–Crippen MR) is 128 cm³/mol. The monoisotopic (exact) mass is 494 g/mol. The normalized spacial score (nSPS) is 15.2. The van der Waals surface area contributed by atoms with E-state index in [1.807, 2.05) is 6.92 Å². The van der Waals surface area contributed by atoms with Gasteiger partial charge in [-0.25, -0.2) is 15.4 Å². The zero-order valence-corrected chi connectivity index (χ0v) is 19.9. The first-order valence-electron chi connectivity index (χ1n) is 10.8. The van der Waals surface area contributed by atoms with Gasteiger partial charge in [-0.1, -0.05) is 35.3 Å². The summed E-state index contributed by atoms with van der Waals surface area (Å²) in [4.78, 5) is 34.4. The molecule has 9 nitrogen and oxygen atoms in total. The van der Waals surface area contributed by atoms with Gasteiger partial charge in [0.05, 0.1) is 16.2 Å². The molecule has 1 fully saturated rings.